The molecule has 3 aliphatic rings. The summed E-state index contributed by atoms with van der Waals surface area (Å²) in [5.74, 6) is 1.75. The minimum atomic E-state index is 0.0946. The van der Waals surface area contributed by atoms with Crippen LogP contribution in [0.25, 0.3) is 0 Å². The number of nitrogens with one attached hydrogen (secondary N) is 1. The summed E-state index contributed by atoms with van der Waals surface area (Å²) in [4.78, 5) is 24.6. The molecule has 1 N–H and O–H groups in total. The van der Waals surface area contributed by atoms with Gasteiger partial charge in [0.1, 0.15) is 5.78 Å². The summed E-state index contributed by atoms with van der Waals surface area (Å²) in [6, 6.07) is 0.369. The maximum atomic E-state index is 12.5. The van der Waals surface area contributed by atoms with E-state index in [0.717, 1.165) is 32.1 Å². The highest BCUT2D eigenvalue weighted by Gasteiger charge is 2.41. The Hall–Kier alpha value is -0.860. The highest BCUT2D eigenvalue weighted by Crippen LogP contribution is 2.40. The molecule has 3 fully saturated rings. The van der Waals surface area contributed by atoms with Crippen LogP contribution >= 0.6 is 0 Å². The van der Waals surface area contributed by atoms with Crippen LogP contribution in [-0.4, -0.2) is 17.7 Å². The van der Waals surface area contributed by atoms with Gasteiger partial charge in [-0.15, -0.1) is 0 Å². The van der Waals surface area contributed by atoms with Gasteiger partial charge in [0.2, 0.25) is 5.91 Å². The second kappa shape index (κ2) is 5.87. The number of amides is 1. The largest absolute Gasteiger partial charge is 0.353 e. The van der Waals surface area contributed by atoms with Gasteiger partial charge in [0.15, 0.2) is 0 Å². The third-order valence-corrected chi connectivity index (χ3v) is 5.86. The minimum absolute atomic E-state index is 0.0946. The van der Waals surface area contributed by atoms with E-state index in [0.29, 0.717) is 17.7 Å². The van der Waals surface area contributed by atoms with Gasteiger partial charge < -0.3 is 5.32 Å². The van der Waals surface area contributed by atoms with E-state index >= 15 is 0 Å². The lowest BCUT2D eigenvalue weighted by Crippen LogP contribution is -2.47. The molecule has 0 heterocycles. The number of ketones is 1. The van der Waals surface area contributed by atoms with Crippen LogP contribution < -0.4 is 5.32 Å². The van der Waals surface area contributed by atoms with Crippen LogP contribution in [0.1, 0.15) is 64.7 Å². The van der Waals surface area contributed by atoms with E-state index in [9.17, 15) is 9.59 Å². The molecule has 0 spiro atoms. The number of hydrogen-bond acceptors (Lipinski definition) is 2. The Bertz CT molecular complexity index is 376. The highest BCUT2D eigenvalue weighted by molar-refractivity contribution is 5.88. The number of hydrogen-bond donors (Lipinski definition) is 1. The molecule has 3 nitrogen and oxygen atoms in total. The van der Waals surface area contributed by atoms with Crippen molar-refractivity contribution in [3.63, 3.8) is 0 Å². The molecule has 0 aromatic rings. The van der Waals surface area contributed by atoms with E-state index in [1.807, 2.05) is 0 Å². The Kier molecular flexibility index (Phi) is 4.13. The molecule has 3 saturated carbocycles. The van der Waals surface area contributed by atoms with Crippen LogP contribution in [0.4, 0.5) is 0 Å². The van der Waals surface area contributed by atoms with Crippen LogP contribution in [0.15, 0.2) is 0 Å². The molecule has 3 aliphatic carbocycles. The summed E-state index contributed by atoms with van der Waals surface area (Å²) < 4.78 is 0. The summed E-state index contributed by atoms with van der Waals surface area (Å²) in [5.41, 5.74) is 0. The Morgan fingerprint density at radius 2 is 1.65 bits per heavy atom. The molecule has 4 unspecified atom stereocenters. The molecule has 20 heavy (non-hydrogen) atoms. The van der Waals surface area contributed by atoms with Gasteiger partial charge in [-0.05, 0) is 44.4 Å². The van der Waals surface area contributed by atoms with Crippen LogP contribution in [-0.2, 0) is 9.59 Å². The summed E-state index contributed by atoms with van der Waals surface area (Å²) in [5, 5.41) is 3.29. The SMILES string of the molecule is CC1CCCCC1NC(=O)C1CC2CCCC(C1)C2=O. The van der Waals surface area contributed by atoms with Crippen molar-refractivity contribution in [1.82, 2.24) is 5.32 Å². The Morgan fingerprint density at radius 3 is 2.30 bits per heavy atom. The molecule has 3 heteroatoms. The van der Waals surface area contributed by atoms with E-state index in [4.69, 9.17) is 0 Å². The summed E-state index contributed by atoms with van der Waals surface area (Å²) in [6.07, 6.45) is 9.72. The first-order valence-corrected chi connectivity index (χ1v) is 8.49. The fourth-order valence-corrected chi connectivity index (χ4v) is 4.52. The smallest absolute Gasteiger partial charge is 0.223 e. The lowest BCUT2D eigenvalue weighted by atomic mass is 9.67. The molecule has 1 amide bonds. The second-order valence-electron chi connectivity index (χ2n) is 7.27. The first kappa shape index (κ1) is 14.1. The van der Waals surface area contributed by atoms with E-state index in [1.165, 1.54) is 25.7 Å². The first-order valence-electron chi connectivity index (χ1n) is 8.49. The number of Topliss-reactive ketones (excluding diaryl/α,β-unsaturated/α-hetero) is 1. The minimum Gasteiger partial charge on any atom is -0.353 e. The second-order valence-corrected chi connectivity index (χ2v) is 7.27. The standard InChI is InChI=1S/C17H27NO2/c1-11-5-2-3-8-15(11)18-17(20)14-9-12-6-4-7-13(10-14)16(12)19/h11-15H,2-10H2,1H3,(H,18,20). The number of carbonyl (C=O) groups is 2. The van der Waals surface area contributed by atoms with Gasteiger partial charge in [-0.2, -0.15) is 0 Å². The third-order valence-electron chi connectivity index (χ3n) is 5.86. The van der Waals surface area contributed by atoms with Crippen LogP contribution in [0.3, 0.4) is 0 Å². The predicted octanol–water partition coefficient (Wildman–Crippen LogP) is 3.08. The average Bonchev–Trinajstić information content (AvgIpc) is 2.41. The normalized spacial score (nSPS) is 41.2. The molecule has 112 valence electrons. The number of rotatable bonds is 2. The van der Waals surface area contributed by atoms with E-state index < -0.39 is 0 Å². The zero-order chi connectivity index (χ0) is 14.1. The van der Waals surface area contributed by atoms with Gasteiger partial charge in [-0.25, -0.2) is 0 Å². The van der Waals surface area contributed by atoms with Crippen molar-refractivity contribution in [2.45, 2.75) is 70.8 Å². The zero-order valence-electron chi connectivity index (χ0n) is 12.6. The zero-order valence-corrected chi connectivity index (χ0v) is 12.6. The Morgan fingerprint density at radius 1 is 1.00 bits per heavy atom. The fourth-order valence-electron chi connectivity index (χ4n) is 4.52. The molecule has 0 aromatic carbocycles. The number of fused-ring (bicyclic) bond motifs is 2. The molecule has 2 bridgehead atoms. The van der Waals surface area contributed by atoms with Gasteiger partial charge in [0, 0.05) is 23.8 Å². The van der Waals surface area contributed by atoms with Gasteiger partial charge in [0.05, 0.1) is 0 Å². The Labute approximate surface area is 121 Å². The topological polar surface area (TPSA) is 46.2 Å². The van der Waals surface area contributed by atoms with E-state index in [-0.39, 0.29) is 23.7 Å². The molecule has 0 aromatic heterocycles. The lowest BCUT2D eigenvalue weighted by molar-refractivity contribution is -0.138. The van der Waals surface area contributed by atoms with Crippen LogP contribution in [0.2, 0.25) is 0 Å². The maximum absolute atomic E-state index is 12.5. The van der Waals surface area contributed by atoms with Gasteiger partial charge in [-0.3, -0.25) is 9.59 Å². The highest BCUT2D eigenvalue weighted by atomic mass is 16.2. The van der Waals surface area contributed by atoms with Crippen molar-refractivity contribution >= 4 is 11.7 Å². The molecular formula is C17H27NO2. The van der Waals surface area contributed by atoms with Crippen molar-refractivity contribution < 1.29 is 9.59 Å². The van der Waals surface area contributed by atoms with E-state index in [1.54, 1.807) is 0 Å². The molecular weight excluding hydrogens is 250 g/mol. The quantitative estimate of drug-likeness (QED) is 0.843. The monoisotopic (exact) mass is 277 g/mol. The summed E-state index contributed by atoms with van der Waals surface area (Å²) in [7, 11) is 0. The van der Waals surface area contributed by atoms with Crippen LogP contribution in [0.5, 0.6) is 0 Å². The summed E-state index contributed by atoms with van der Waals surface area (Å²) in [6.45, 7) is 2.25. The maximum Gasteiger partial charge on any atom is 0.223 e. The third kappa shape index (κ3) is 2.77. The molecule has 4 atom stereocenters. The molecule has 0 saturated heterocycles. The number of carbonyl (C=O) groups excluding carboxylic acids is 2. The van der Waals surface area contributed by atoms with Crippen molar-refractivity contribution in [3.05, 3.63) is 0 Å². The lowest BCUT2D eigenvalue weighted by Gasteiger charge is -2.38. The predicted molar refractivity (Wildman–Crippen MR) is 78.1 cm³/mol. The van der Waals surface area contributed by atoms with Crippen molar-refractivity contribution in [1.29, 1.82) is 0 Å². The van der Waals surface area contributed by atoms with Gasteiger partial charge >= 0.3 is 0 Å². The first-order chi connectivity index (χ1) is 9.65. The molecule has 0 radical (unpaired) electrons. The van der Waals surface area contributed by atoms with Crippen LogP contribution in [0, 0.1) is 23.7 Å². The van der Waals surface area contributed by atoms with E-state index in [2.05, 4.69) is 12.2 Å². The average molecular weight is 277 g/mol. The van der Waals surface area contributed by atoms with Crippen molar-refractivity contribution in [2.75, 3.05) is 0 Å². The van der Waals surface area contributed by atoms with Gasteiger partial charge in [0.25, 0.3) is 0 Å². The fraction of sp³-hybridized carbons (Fsp3) is 0.882. The van der Waals surface area contributed by atoms with Gasteiger partial charge in [-0.1, -0.05) is 26.2 Å². The summed E-state index contributed by atoms with van der Waals surface area (Å²) >= 11 is 0. The molecule has 0 aliphatic heterocycles. The van der Waals surface area contributed by atoms with Crippen molar-refractivity contribution in [2.24, 2.45) is 23.7 Å². The van der Waals surface area contributed by atoms with Crippen molar-refractivity contribution in [3.8, 4) is 0 Å². The Balaban J connectivity index is 1.59. The molecule has 3 rings (SSSR count).